The Morgan fingerprint density at radius 3 is 2.16 bits per heavy atom. The molecule has 0 radical (unpaired) electrons. The summed E-state index contributed by atoms with van der Waals surface area (Å²) in [6.07, 6.45) is 2.64. The van der Waals surface area contributed by atoms with Gasteiger partial charge in [-0.05, 0) is 52.0 Å². The predicted octanol–water partition coefficient (Wildman–Crippen LogP) is -1.63. The molecule has 11 heteroatoms. The van der Waals surface area contributed by atoms with Crippen LogP contribution in [-0.4, -0.2) is 93.6 Å². The van der Waals surface area contributed by atoms with Gasteiger partial charge in [-0.15, -0.1) is 0 Å². The van der Waals surface area contributed by atoms with Crippen LogP contribution in [0.1, 0.15) is 51.9 Å². The molecule has 2 aliphatic heterocycles. The monoisotopic (exact) mass is 441 g/mol. The van der Waals surface area contributed by atoms with Crippen LogP contribution in [0.2, 0.25) is 0 Å². The van der Waals surface area contributed by atoms with Crippen molar-refractivity contribution in [2.45, 2.75) is 82.1 Å². The van der Waals surface area contributed by atoms with Crippen molar-refractivity contribution < 1.29 is 29.4 Å². The molecule has 2 fully saturated rings. The molecule has 0 aromatic rings. The summed E-state index contributed by atoms with van der Waals surface area (Å²) in [7, 11) is 0. The maximum atomic E-state index is 12.9. The van der Waals surface area contributed by atoms with Gasteiger partial charge in [-0.3, -0.25) is 14.4 Å². The first-order chi connectivity index (χ1) is 14.7. The van der Waals surface area contributed by atoms with Crippen molar-refractivity contribution in [2.24, 2.45) is 11.5 Å². The molecule has 7 N–H and O–H groups in total. The van der Waals surface area contributed by atoms with Crippen LogP contribution in [0.5, 0.6) is 0 Å². The highest BCUT2D eigenvalue weighted by atomic mass is 16.4. The van der Waals surface area contributed by atoms with Crippen LogP contribution in [0.25, 0.3) is 0 Å². The molecule has 31 heavy (non-hydrogen) atoms. The lowest BCUT2D eigenvalue weighted by Crippen LogP contribution is -2.59. The third-order valence-electron chi connectivity index (χ3n) is 5.99. The van der Waals surface area contributed by atoms with E-state index in [4.69, 9.17) is 11.5 Å². The quantitative estimate of drug-likeness (QED) is 0.251. The summed E-state index contributed by atoms with van der Waals surface area (Å²) in [4.78, 5) is 52.6. The molecule has 5 atom stereocenters. The van der Waals surface area contributed by atoms with E-state index in [2.05, 4.69) is 5.32 Å². The van der Waals surface area contributed by atoms with E-state index >= 15 is 0 Å². The summed E-state index contributed by atoms with van der Waals surface area (Å²) in [6, 6.07) is -3.77. The maximum Gasteiger partial charge on any atom is 0.326 e. The summed E-state index contributed by atoms with van der Waals surface area (Å²) >= 11 is 0. The van der Waals surface area contributed by atoms with E-state index in [0.717, 1.165) is 6.42 Å². The second-order valence-electron chi connectivity index (χ2n) is 8.34. The molecule has 2 saturated heterocycles. The number of carboxylic acids is 1. The molecule has 0 aromatic carbocycles. The topological polar surface area (TPSA) is 179 Å². The molecule has 0 spiro atoms. The number of carbonyl (C=O) groups is 4. The molecular weight excluding hydrogens is 406 g/mol. The first-order valence-corrected chi connectivity index (χ1v) is 11.0. The average molecular weight is 442 g/mol. The van der Waals surface area contributed by atoms with Crippen molar-refractivity contribution in [3.63, 3.8) is 0 Å². The van der Waals surface area contributed by atoms with Crippen molar-refractivity contribution >= 4 is 23.7 Å². The second-order valence-corrected chi connectivity index (χ2v) is 8.34. The number of carboxylic acid groups (broad SMARTS) is 1. The number of hydrogen-bond acceptors (Lipinski definition) is 7. The molecule has 0 bridgehead atoms. The molecule has 0 aliphatic carbocycles. The zero-order valence-electron chi connectivity index (χ0n) is 18.0. The second kappa shape index (κ2) is 11.4. The van der Waals surface area contributed by atoms with Crippen LogP contribution >= 0.6 is 0 Å². The number of unbranched alkanes of at least 4 members (excludes halogenated alkanes) is 1. The smallest absolute Gasteiger partial charge is 0.326 e. The average Bonchev–Trinajstić information content (AvgIpc) is 3.40. The largest absolute Gasteiger partial charge is 0.480 e. The first-order valence-electron chi connectivity index (χ1n) is 11.0. The van der Waals surface area contributed by atoms with E-state index in [1.54, 1.807) is 0 Å². The van der Waals surface area contributed by atoms with Gasteiger partial charge in [0.05, 0.1) is 12.1 Å². The van der Waals surface area contributed by atoms with Gasteiger partial charge in [-0.25, -0.2) is 4.79 Å². The normalized spacial score (nSPS) is 24.0. The van der Waals surface area contributed by atoms with E-state index < -0.39 is 48.1 Å². The van der Waals surface area contributed by atoms with Crippen molar-refractivity contribution in [3.8, 4) is 0 Å². The van der Waals surface area contributed by atoms with Crippen molar-refractivity contribution in [3.05, 3.63) is 0 Å². The summed E-state index contributed by atoms with van der Waals surface area (Å²) < 4.78 is 0. The fourth-order valence-electron chi connectivity index (χ4n) is 4.25. The summed E-state index contributed by atoms with van der Waals surface area (Å²) in [5, 5.41) is 22.0. The van der Waals surface area contributed by atoms with Crippen LogP contribution in [0, 0.1) is 0 Å². The third-order valence-corrected chi connectivity index (χ3v) is 5.99. The van der Waals surface area contributed by atoms with Crippen LogP contribution in [0.3, 0.4) is 0 Å². The van der Waals surface area contributed by atoms with E-state index in [9.17, 15) is 29.4 Å². The van der Waals surface area contributed by atoms with Gasteiger partial charge in [-0.2, -0.15) is 0 Å². The van der Waals surface area contributed by atoms with Gasteiger partial charge in [0.1, 0.15) is 18.1 Å². The van der Waals surface area contributed by atoms with Crippen LogP contribution in [0.4, 0.5) is 0 Å². The van der Waals surface area contributed by atoms with Gasteiger partial charge in [0.2, 0.25) is 17.7 Å². The summed E-state index contributed by atoms with van der Waals surface area (Å²) in [5.74, 6) is -2.62. The Hall–Kier alpha value is -2.24. The molecule has 0 saturated carbocycles. The molecule has 11 nitrogen and oxygen atoms in total. The molecule has 2 rings (SSSR count). The Balaban J connectivity index is 2.05. The lowest BCUT2D eigenvalue weighted by Gasteiger charge is -2.31. The molecule has 3 amide bonds. The van der Waals surface area contributed by atoms with Crippen LogP contribution < -0.4 is 16.8 Å². The highest BCUT2D eigenvalue weighted by molar-refractivity contribution is 5.94. The number of nitrogens with two attached hydrogens (primary N) is 2. The Labute approximate surface area is 182 Å². The zero-order valence-corrected chi connectivity index (χ0v) is 18.0. The molecular formula is C20H35N5O6. The van der Waals surface area contributed by atoms with E-state index in [1.165, 1.54) is 16.7 Å². The summed E-state index contributed by atoms with van der Waals surface area (Å²) in [5.41, 5.74) is 11.5. The Kier molecular flexibility index (Phi) is 9.20. The SMILES string of the molecule is CC(O)C(NC(=O)C1CCCN1C(=O)C(N)CCCCN)C(=O)N1CCCC1C(=O)O. The fourth-order valence-corrected chi connectivity index (χ4v) is 4.25. The Bertz CT molecular complexity index is 672. The third kappa shape index (κ3) is 6.14. The van der Waals surface area contributed by atoms with Gasteiger partial charge >= 0.3 is 5.97 Å². The minimum Gasteiger partial charge on any atom is -0.480 e. The van der Waals surface area contributed by atoms with Crippen molar-refractivity contribution in [1.82, 2.24) is 15.1 Å². The number of rotatable bonds is 10. The number of nitrogens with zero attached hydrogens (tertiary/aromatic N) is 2. The minimum atomic E-state index is -1.29. The van der Waals surface area contributed by atoms with Gasteiger partial charge < -0.3 is 36.8 Å². The van der Waals surface area contributed by atoms with Crippen molar-refractivity contribution in [1.29, 1.82) is 0 Å². The number of carbonyl (C=O) groups excluding carboxylic acids is 3. The highest BCUT2D eigenvalue weighted by Crippen LogP contribution is 2.22. The van der Waals surface area contributed by atoms with Gasteiger partial charge in [0.25, 0.3) is 0 Å². The van der Waals surface area contributed by atoms with E-state index in [1.807, 2.05) is 0 Å². The first kappa shape index (κ1) is 25.0. The van der Waals surface area contributed by atoms with Crippen LogP contribution in [-0.2, 0) is 19.2 Å². The molecule has 0 aromatic heterocycles. The number of aliphatic hydroxyl groups is 1. The van der Waals surface area contributed by atoms with Gasteiger partial charge in [0.15, 0.2) is 0 Å². The van der Waals surface area contributed by atoms with Gasteiger partial charge in [-0.1, -0.05) is 6.42 Å². The minimum absolute atomic E-state index is 0.251. The number of aliphatic carboxylic acids is 1. The number of hydrogen-bond donors (Lipinski definition) is 5. The number of amides is 3. The molecule has 5 unspecified atom stereocenters. The summed E-state index contributed by atoms with van der Waals surface area (Å²) in [6.45, 7) is 2.52. The maximum absolute atomic E-state index is 12.9. The van der Waals surface area contributed by atoms with Crippen molar-refractivity contribution in [2.75, 3.05) is 19.6 Å². The van der Waals surface area contributed by atoms with Gasteiger partial charge in [0, 0.05) is 13.1 Å². The van der Waals surface area contributed by atoms with E-state index in [0.29, 0.717) is 51.6 Å². The van der Waals surface area contributed by atoms with Crippen LogP contribution in [0.15, 0.2) is 0 Å². The fraction of sp³-hybridized carbons (Fsp3) is 0.800. The highest BCUT2D eigenvalue weighted by Gasteiger charge is 2.42. The predicted molar refractivity (Wildman–Crippen MR) is 112 cm³/mol. The lowest BCUT2D eigenvalue weighted by molar-refractivity contribution is -0.151. The zero-order chi connectivity index (χ0) is 23.1. The standard InChI is InChI=1S/C20H35N5O6/c1-12(26)16(19(29)25-11-5-8-15(25)20(30)31)23-17(27)14-7-4-10-24(14)18(28)13(22)6-2-3-9-21/h12-16,26H,2-11,21-22H2,1H3,(H,23,27)(H,30,31). The Morgan fingerprint density at radius 1 is 1.03 bits per heavy atom. The Morgan fingerprint density at radius 2 is 1.61 bits per heavy atom. The lowest BCUT2D eigenvalue weighted by atomic mass is 10.1. The van der Waals surface area contributed by atoms with E-state index in [-0.39, 0.29) is 12.5 Å². The molecule has 2 heterocycles. The number of nitrogens with one attached hydrogen (secondary N) is 1. The number of aliphatic hydroxyl groups excluding tert-OH is 1. The molecule has 2 aliphatic rings. The number of likely N-dealkylation sites (tertiary alicyclic amines) is 2. The molecule has 176 valence electrons.